The predicted octanol–water partition coefficient (Wildman–Crippen LogP) is 2.19. The van der Waals surface area contributed by atoms with Crippen LogP contribution in [0.2, 0.25) is 5.02 Å². The van der Waals surface area contributed by atoms with E-state index in [1.807, 2.05) is 28.9 Å². The number of fused-ring (bicyclic) bond motifs is 1. The molecule has 102 valence electrons. The van der Waals surface area contributed by atoms with E-state index in [1.54, 1.807) is 0 Å². The molecule has 0 aromatic carbocycles. The van der Waals surface area contributed by atoms with Crippen molar-refractivity contribution in [2.45, 2.75) is 19.4 Å². The third kappa shape index (κ3) is 2.91. The van der Waals surface area contributed by atoms with Gasteiger partial charge in [-0.05, 0) is 37.4 Å². The van der Waals surface area contributed by atoms with Crippen molar-refractivity contribution in [3.05, 3.63) is 35.2 Å². The van der Waals surface area contributed by atoms with Crippen molar-refractivity contribution in [2.24, 2.45) is 5.92 Å². The standard InChI is InChI=1S/C14H18ClN3O/c15-12-3-4-14-16-13(9-18(14)7-12)8-17-5-1-2-11(6-17)10-19/h3-4,7,9,11,19H,1-2,5-6,8,10H2. The zero-order chi connectivity index (χ0) is 13.2. The highest BCUT2D eigenvalue weighted by Crippen LogP contribution is 2.18. The van der Waals surface area contributed by atoms with Gasteiger partial charge in [-0.25, -0.2) is 4.98 Å². The van der Waals surface area contributed by atoms with Crippen LogP contribution in [-0.4, -0.2) is 39.1 Å². The van der Waals surface area contributed by atoms with Crippen molar-refractivity contribution >= 4 is 17.2 Å². The van der Waals surface area contributed by atoms with Crippen LogP contribution >= 0.6 is 11.6 Å². The molecule has 5 heteroatoms. The zero-order valence-electron chi connectivity index (χ0n) is 10.8. The van der Waals surface area contributed by atoms with Crippen LogP contribution in [0.1, 0.15) is 18.5 Å². The lowest BCUT2D eigenvalue weighted by Gasteiger charge is -2.31. The number of piperidine rings is 1. The molecule has 1 fully saturated rings. The van der Waals surface area contributed by atoms with Gasteiger partial charge in [0.15, 0.2) is 0 Å². The second-order valence-electron chi connectivity index (χ2n) is 5.27. The van der Waals surface area contributed by atoms with Gasteiger partial charge in [0.2, 0.25) is 0 Å². The summed E-state index contributed by atoms with van der Waals surface area (Å²) in [5.41, 5.74) is 1.98. The second kappa shape index (κ2) is 5.49. The molecule has 4 nitrogen and oxygen atoms in total. The highest BCUT2D eigenvalue weighted by atomic mass is 35.5. The number of nitrogens with zero attached hydrogens (tertiary/aromatic N) is 3. The second-order valence-corrected chi connectivity index (χ2v) is 5.71. The first kappa shape index (κ1) is 12.9. The Kier molecular flexibility index (Phi) is 3.73. The molecule has 2 aromatic heterocycles. The van der Waals surface area contributed by atoms with Gasteiger partial charge >= 0.3 is 0 Å². The Morgan fingerprint density at radius 2 is 2.26 bits per heavy atom. The maximum Gasteiger partial charge on any atom is 0.137 e. The van der Waals surface area contributed by atoms with Crippen molar-refractivity contribution in [2.75, 3.05) is 19.7 Å². The van der Waals surface area contributed by atoms with Crippen molar-refractivity contribution in [1.82, 2.24) is 14.3 Å². The molecule has 0 aliphatic carbocycles. The van der Waals surface area contributed by atoms with E-state index in [-0.39, 0.29) is 6.61 Å². The number of imidazole rings is 1. The molecule has 1 aliphatic heterocycles. The lowest BCUT2D eigenvalue weighted by atomic mass is 9.99. The van der Waals surface area contributed by atoms with E-state index in [2.05, 4.69) is 9.88 Å². The molecule has 1 atom stereocenters. The molecule has 0 radical (unpaired) electrons. The van der Waals surface area contributed by atoms with Crippen molar-refractivity contribution in [1.29, 1.82) is 0 Å². The van der Waals surface area contributed by atoms with E-state index >= 15 is 0 Å². The molecule has 0 spiro atoms. The number of halogens is 1. The minimum Gasteiger partial charge on any atom is -0.396 e. The first-order chi connectivity index (χ1) is 9.24. The Labute approximate surface area is 117 Å². The van der Waals surface area contributed by atoms with Crippen LogP contribution in [0.3, 0.4) is 0 Å². The summed E-state index contributed by atoms with van der Waals surface area (Å²) in [5, 5.41) is 9.98. The molecule has 1 saturated heterocycles. The minimum absolute atomic E-state index is 0.289. The summed E-state index contributed by atoms with van der Waals surface area (Å²) in [5.74, 6) is 0.417. The van der Waals surface area contributed by atoms with Crippen LogP contribution < -0.4 is 0 Å². The Hall–Kier alpha value is -1.10. The summed E-state index contributed by atoms with van der Waals surface area (Å²) >= 11 is 5.97. The SMILES string of the molecule is OCC1CCCN(Cc2cn3cc(Cl)ccc3n2)C1. The maximum atomic E-state index is 9.26. The van der Waals surface area contributed by atoms with Gasteiger partial charge in [-0.2, -0.15) is 0 Å². The van der Waals surface area contributed by atoms with Gasteiger partial charge in [0.25, 0.3) is 0 Å². The van der Waals surface area contributed by atoms with Gasteiger partial charge in [0.1, 0.15) is 5.65 Å². The quantitative estimate of drug-likeness (QED) is 0.936. The summed E-state index contributed by atoms with van der Waals surface area (Å²) in [6.45, 7) is 3.18. The van der Waals surface area contributed by atoms with E-state index in [0.29, 0.717) is 5.92 Å². The van der Waals surface area contributed by atoms with Crippen molar-refractivity contribution < 1.29 is 5.11 Å². The molecule has 2 aromatic rings. The number of aliphatic hydroxyl groups is 1. The number of hydrogen-bond donors (Lipinski definition) is 1. The Morgan fingerprint density at radius 3 is 3.11 bits per heavy atom. The van der Waals surface area contributed by atoms with E-state index in [4.69, 9.17) is 11.6 Å². The van der Waals surface area contributed by atoms with Crippen molar-refractivity contribution in [3.63, 3.8) is 0 Å². The van der Waals surface area contributed by atoms with Crippen LogP contribution in [0.4, 0.5) is 0 Å². The molecule has 1 unspecified atom stereocenters. The van der Waals surface area contributed by atoms with Gasteiger partial charge in [-0.1, -0.05) is 11.6 Å². The average molecular weight is 280 g/mol. The van der Waals surface area contributed by atoms with Gasteiger partial charge in [0, 0.05) is 32.1 Å². The number of rotatable bonds is 3. The number of hydrogen-bond acceptors (Lipinski definition) is 3. The van der Waals surface area contributed by atoms with Crippen LogP contribution in [0.15, 0.2) is 24.5 Å². The summed E-state index contributed by atoms with van der Waals surface area (Å²) in [6.07, 6.45) is 6.20. The third-order valence-electron chi connectivity index (χ3n) is 3.71. The highest BCUT2D eigenvalue weighted by molar-refractivity contribution is 6.30. The fraction of sp³-hybridized carbons (Fsp3) is 0.500. The molecule has 0 saturated carbocycles. The Balaban J connectivity index is 1.74. The summed E-state index contributed by atoms with van der Waals surface area (Å²) in [4.78, 5) is 6.97. The van der Waals surface area contributed by atoms with E-state index in [1.165, 1.54) is 0 Å². The first-order valence-electron chi connectivity index (χ1n) is 6.71. The van der Waals surface area contributed by atoms with Crippen LogP contribution in [-0.2, 0) is 6.54 Å². The topological polar surface area (TPSA) is 40.8 Å². The zero-order valence-corrected chi connectivity index (χ0v) is 11.6. The fourth-order valence-corrected chi connectivity index (χ4v) is 2.93. The molecular weight excluding hydrogens is 262 g/mol. The molecule has 1 aliphatic rings. The number of pyridine rings is 1. The lowest BCUT2D eigenvalue weighted by Crippen LogP contribution is -2.36. The lowest BCUT2D eigenvalue weighted by molar-refractivity contribution is 0.115. The van der Waals surface area contributed by atoms with E-state index < -0.39 is 0 Å². The number of aromatic nitrogens is 2. The largest absolute Gasteiger partial charge is 0.396 e. The Bertz CT molecular complexity index is 569. The van der Waals surface area contributed by atoms with Crippen LogP contribution in [0.25, 0.3) is 5.65 Å². The van der Waals surface area contributed by atoms with E-state index in [0.717, 1.165) is 48.8 Å². The van der Waals surface area contributed by atoms with Gasteiger partial charge in [-0.15, -0.1) is 0 Å². The molecule has 0 bridgehead atoms. The number of likely N-dealkylation sites (tertiary alicyclic amines) is 1. The Morgan fingerprint density at radius 1 is 1.37 bits per heavy atom. The molecule has 3 heterocycles. The van der Waals surface area contributed by atoms with E-state index in [9.17, 15) is 5.11 Å². The fourth-order valence-electron chi connectivity index (χ4n) is 2.77. The number of aliphatic hydroxyl groups excluding tert-OH is 1. The molecule has 19 heavy (non-hydrogen) atoms. The first-order valence-corrected chi connectivity index (χ1v) is 7.09. The van der Waals surface area contributed by atoms with Gasteiger partial charge in [0.05, 0.1) is 10.7 Å². The van der Waals surface area contributed by atoms with Crippen molar-refractivity contribution in [3.8, 4) is 0 Å². The predicted molar refractivity (Wildman–Crippen MR) is 75.3 cm³/mol. The monoisotopic (exact) mass is 279 g/mol. The molecule has 1 N–H and O–H groups in total. The summed E-state index contributed by atoms with van der Waals surface area (Å²) in [6, 6.07) is 3.79. The minimum atomic E-state index is 0.289. The van der Waals surface area contributed by atoms with Gasteiger partial charge in [-0.3, -0.25) is 4.90 Å². The third-order valence-corrected chi connectivity index (χ3v) is 3.94. The molecule has 0 amide bonds. The van der Waals surface area contributed by atoms with Crippen LogP contribution in [0, 0.1) is 5.92 Å². The summed E-state index contributed by atoms with van der Waals surface area (Å²) < 4.78 is 1.96. The normalized spacial score (nSPS) is 21.1. The van der Waals surface area contributed by atoms with Gasteiger partial charge < -0.3 is 9.51 Å². The smallest absolute Gasteiger partial charge is 0.137 e. The molecular formula is C14H18ClN3O. The van der Waals surface area contributed by atoms with Crippen LogP contribution in [0.5, 0.6) is 0 Å². The highest BCUT2D eigenvalue weighted by Gasteiger charge is 2.19. The average Bonchev–Trinajstić information content (AvgIpc) is 2.80. The maximum absolute atomic E-state index is 9.26. The summed E-state index contributed by atoms with van der Waals surface area (Å²) in [7, 11) is 0. The molecule has 3 rings (SSSR count).